The van der Waals surface area contributed by atoms with Crippen molar-refractivity contribution in [1.29, 1.82) is 0 Å². The molecule has 2 heterocycles. The Labute approximate surface area is 123 Å². The average Bonchev–Trinajstić information content (AvgIpc) is 3.05. The van der Waals surface area contributed by atoms with Crippen LogP contribution in [0.1, 0.15) is 12.8 Å². The van der Waals surface area contributed by atoms with Crippen LogP contribution in [0.15, 0.2) is 29.4 Å². The number of aromatic amines is 1. The molecule has 0 amide bonds. The van der Waals surface area contributed by atoms with Gasteiger partial charge in [0.15, 0.2) is 0 Å². The van der Waals surface area contributed by atoms with Gasteiger partial charge in [-0.25, -0.2) is 18.1 Å². The lowest BCUT2D eigenvalue weighted by Crippen LogP contribution is -2.37. The van der Waals surface area contributed by atoms with Crippen LogP contribution in [0.3, 0.4) is 0 Å². The fourth-order valence-corrected chi connectivity index (χ4v) is 3.29. The highest BCUT2D eigenvalue weighted by molar-refractivity contribution is 7.89. The molecule has 2 aromatic rings. The van der Waals surface area contributed by atoms with Gasteiger partial charge < -0.3 is 10.3 Å². The van der Waals surface area contributed by atoms with Gasteiger partial charge in [0.05, 0.1) is 11.0 Å². The molecule has 1 aromatic heterocycles. The maximum atomic E-state index is 12.1. The van der Waals surface area contributed by atoms with Crippen LogP contribution in [0.5, 0.6) is 0 Å². The van der Waals surface area contributed by atoms with Gasteiger partial charge in [-0.3, -0.25) is 0 Å². The van der Waals surface area contributed by atoms with E-state index in [1.54, 1.807) is 12.1 Å². The van der Waals surface area contributed by atoms with E-state index in [2.05, 4.69) is 20.0 Å². The molecule has 110 valence electrons. The molecule has 1 aliphatic rings. The number of halogens is 1. The summed E-state index contributed by atoms with van der Waals surface area (Å²) in [5.41, 5.74) is 1.38. The van der Waals surface area contributed by atoms with Crippen LogP contribution in [0.4, 0.5) is 0 Å². The van der Waals surface area contributed by atoms with E-state index in [1.165, 1.54) is 0 Å². The number of nitrogens with one attached hydrogen (secondary N) is 3. The lowest BCUT2D eigenvalue weighted by atomic mass is 10.2. The van der Waals surface area contributed by atoms with Gasteiger partial charge in [-0.2, -0.15) is 0 Å². The topological polar surface area (TPSA) is 86.9 Å². The third kappa shape index (κ3) is 3.12. The van der Waals surface area contributed by atoms with E-state index in [0.29, 0.717) is 12.1 Å². The maximum Gasteiger partial charge on any atom is 0.274 e. The normalized spacial score (nSPS) is 19.1. The van der Waals surface area contributed by atoms with Crippen LogP contribution in [0.2, 0.25) is 0 Å². The van der Waals surface area contributed by atoms with E-state index in [0.717, 1.165) is 24.9 Å². The van der Waals surface area contributed by atoms with Crippen LogP contribution in [-0.4, -0.2) is 37.5 Å². The number of benzene rings is 1. The van der Waals surface area contributed by atoms with Gasteiger partial charge >= 0.3 is 0 Å². The van der Waals surface area contributed by atoms with Crippen molar-refractivity contribution in [3.8, 4) is 0 Å². The Hall–Kier alpha value is -1.15. The van der Waals surface area contributed by atoms with Crippen LogP contribution >= 0.6 is 12.4 Å². The number of hydrogen-bond donors (Lipinski definition) is 3. The Morgan fingerprint density at radius 3 is 2.85 bits per heavy atom. The number of imidazole rings is 1. The molecule has 0 spiro atoms. The van der Waals surface area contributed by atoms with Crippen molar-refractivity contribution in [2.24, 2.45) is 0 Å². The second kappa shape index (κ2) is 6.09. The molecule has 0 aliphatic carbocycles. The number of nitrogens with zero attached hydrogens (tertiary/aromatic N) is 1. The fraction of sp³-hybridized carbons (Fsp3) is 0.417. The van der Waals surface area contributed by atoms with Crippen molar-refractivity contribution in [2.45, 2.75) is 24.0 Å². The van der Waals surface area contributed by atoms with Crippen LogP contribution in [-0.2, 0) is 10.0 Å². The molecule has 0 saturated carbocycles. The number of para-hydroxylation sites is 2. The SMILES string of the molecule is Cl.O=S(=O)(NCC1CCCN1)c1nc2ccccc2[nH]1. The first-order valence-corrected chi connectivity index (χ1v) is 7.81. The highest BCUT2D eigenvalue weighted by Gasteiger charge is 2.21. The number of fused-ring (bicyclic) bond motifs is 1. The monoisotopic (exact) mass is 316 g/mol. The number of aromatic nitrogens is 2. The van der Waals surface area contributed by atoms with Crippen molar-refractivity contribution in [2.75, 3.05) is 13.1 Å². The zero-order valence-electron chi connectivity index (χ0n) is 10.8. The molecular weight excluding hydrogens is 300 g/mol. The first-order valence-electron chi connectivity index (χ1n) is 6.33. The van der Waals surface area contributed by atoms with Gasteiger partial charge in [-0.15, -0.1) is 12.4 Å². The van der Waals surface area contributed by atoms with Gasteiger partial charge in [0.2, 0.25) is 5.16 Å². The van der Waals surface area contributed by atoms with Crippen molar-refractivity contribution >= 4 is 33.5 Å². The van der Waals surface area contributed by atoms with E-state index >= 15 is 0 Å². The quantitative estimate of drug-likeness (QED) is 0.786. The van der Waals surface area contributed by atoms with E-state index in [4.69, 9.17) is 0 Å². The third-order valence-corrected chi connectivity index (χ3v) is 4.55. The number of rotatable bonds is 4. The second-order valence-corrected chi connectivity index (χ2v) is 6.39. The van der Waals surface area contributed by atoms with Crippen molar-refractivity contribution in [3.63, 3.8) is 0 Å². The summed E-state index contributed by atoms with van der Waals surface area (Å²) in [5, 5.41) is 3.23. The third-order valence-electron chi connectivity index (χ3n) is 3.30. The minimum Gasteiger partial charge on any atom is -0.328 e. The first-order chi connectivity index (χ1) is 9.15. The molecule has 6 nitrogen and oxygen atoms in total. The molecule has 1 aliphatic heterocycles. The minimum absolute atomic E-state index is 0. The van der Waals surface area contributed by atoms with Gasteiger partial charge in [0.1, 0.15) is 0 Å². The maximum absolute atomic E-state index is 12.1. The molecular formula is C12H17ClN4O2S. The summed E-state index contributed by atoms with van der Waals surface area (Å²) in [6, 6.07) is 7.48. The summed E-state index contributed by atoms with van der Waals surface area (Å²) in [7, 11) is -3.57. The Kier molecular flexibility index (Phi) is 4.64. The highest BCUT2D eigenvalue weighted by atomic mass is 35.5. The van der Waals surface area contributed by atoms with E-state index in [-0.39, 0.29) is 23.6 Å². The predicted octanol–water partition coefficient (Wildman–Crippen LogP) is 1.01. The molecule has 0 radical (unpaired) electrons. The molecule has 0 bridgehead atoms. The zero-order valence-corrected chi connectivity index (χ0v) is 12.4. The molecule has 3 N–H and O–H groups in total. The summed E-state index contributed by atoms with van der Waals surface area (Å²) < 4.78 is 26.8. The van der Waals surface area contributed by atoms with Gasteiger partial charge in [-0.1, -0.05) is 12.1 Å². The lowest BCUT2D eigenvalue weighted by Gasteiger charge is -2.10. The Morgan fingerprint density at radius 2 is 2.15 bits per heavy atom. The summed E-state index contributed by atoms with van der Waals surface area (Å²) in [4.78, 5) is 6.93. The van der Waals surface area contributed by atoms with Gasteiger partial charge in [-0.05, 0) is 31.5 Å². The largest absolute Gasteiger partial charge is 0.328 e. The van der Waals surface area contributed by atoms with Crippen molar-refractivity contribution in [3.05, 3.63) is 24.3 Å². The first kappa shape index (κ1) is 15.2. The second-order valence-electron chi connectivity index (χ2n) is 4.70. The Bertz CT molecular complexity index is 647. The van der Waals surface area contributed by atoms with E-state index in [9.17, 15) is 8.42 Å². The standard InChI is InChI=1S/C12H16N4O2S.ClH/c17-19(18,14-8-9-4-3-7-13-9)12-15-10-5-1-2-6-11(10)16-12;/h1-2,5-6,9,13-14H,3-4,7-8H2,(H,15,16);1H. The molecule has 1 aromatic carbocycles. The van der Waals surface area contributed by atoms with Gasteiger partial charge in [0.25, 0.3) is 10.0 Å². The zero-order chi connectivity index (χ0) is 13.3. The van der Waals surface area contributed by atoms with Gasteiger partial charge in [0, 0.05) is 12.6 Å². The Morgan fingerprint density at radius 1 is 1.35 bits per heavy atom. The summed E-state index contributed by atoms with van der Waals surface area (Å²) >= 11 is 0. The number of hydrogen-bond acceptors (Lipinski definition) is 4. The van der Waals surface area contributed by atoms with Crippen molar-refractivity contribution in [1.82, 2.24) is 20.0 Å². The minimum atomic E-state index is -3.57. The van der Waals surface area contributed by atoms with Crippen LogP contribution in [0, 0.1) is 0 Å². The van der Waals surface area contributed by atoms with Crippen LogP contribution in [0.25, 0.3) is 11.0 Å². The molecule has 1 saturated heterocycles. The lowest BCUT2D eigenvalue weighted by molar-refractivity contribution is 0.547. The Balaban J connectivity index is 0.00000147. The predicted molar refractivity (Wildman–Crippen MR) is 79.6 cm³/mol. The molecule has 20 heavy (non-hydrogen) atoms. The highest BCUT2D eigenvalue weighted by Crippen LogP contribution is 2.14. The summed E-state index contributed by atoms with van der Waals surface area (Å²) in [5.74, 6) is 0. The van der Waals surface area contributed by atoms with Crippen LogP contribution < -0.4 is 10.0 Å². The van der Waals surface area contributed by atoms with E-state index < -0.39 is 10.0 Å². The molecule has 1 unspecified atom stereocenters. The molecule has 8 heteroatoms. The smallest absolute Gasteiger partial charge is 0.274 e. The number of sulfonamides is 1. The summed E-state index contributed by atoms with van der Waals surface area (Å²) in [6.45, 7) is 1.36. The summed E-state index contributed by atoms with van der Waals surface area (Å²) in [6.07, 6.45) is 2.10. The fourth-order valence-electron chi connectivity index (χ4n) is 2.27. The molecule has 1 fully saturated rings. The molecule has 1 atom stereocenters. The molecule has 3 rings (SSSR count). The average molecular weight is 317 g/mol. The number of H-pyrrole nitrogens is 1. The van der Waals surface area contributed by atoms with E-state index in [1.807, 2.05) is 12.1 Å². The van der Waals surface area contributed by atoms with Crippen molar-refractivity contribution < 1.29 is 8.42 Å².